The number of carbonyl (C=O) groups excluding carboxylic acids is 2. The molecular formula is C16H22N2O5. The van der Waals surface area contributed by atoms with Gasteiger partial charge in [0.1, 0.15) is 19.2 Å². The van der Waals surface area contributed by atoms with Crippen LogP contribution in [-0.2, 0) is 20.9 Å². The van der Waals surface area contributed by atoms with Crippen LogP contribution in [0.5, 0.6) is 0 Å². The summed E-state index contributed by atoms with van der Waals surface area (Å²) in [5.41, 5.74) is 0.832. The lowest BCUT2D eigenvalue weighted by atomic mass is 10.0. The number of hydrogen-bond acceptors (Lipinski definition) is 4. The zero-order valence-electron chi connectivity index (χ0n) is 13.2. The van der Waals surface area contributed by atoms with Crippen LogP contribution in [0.3, 0.4) is 0 Å². The first-order valence-corrected chi connectivity index (χ1v) is 7.35. The summed E-state index contributed by atoms with van der Waals surface area (Å²) in [7, 11) is 0. The monoisotopic (exact) mass is 322 g/mol. The van der Waals surface area contributed by atoms with E-state index in [1.54, 1.807) is 0 Å². The third-order valence-electron chi connectivity index (χ3n) is 2.94. The Morgan fingerprint density at radius 1 is 1.17 bits per heavy atom. The van der Waals surface area contributed by atoms with Crippen molar-refractivity contribution in [3.05, 3.63) is 35.9 Å². The molecule has 0 aromatic heterocycles. The molecule has 0 spiro atoms. The predicted molar refractivity (Wildman–Crippen MR) is 83.7 cm³/mol. The minimum absolute atomic E-state index is 0.0951. The maximum atomic E-state index is 11.9. The first kappa shape index (κ1) is 18.5. The third-order valence-corrected chi connectivity index (χ3v) is 2.94. The molecule has 23 heavy (non-hydrogen) atoms. The molecule has 3 N–H and O–H groups in total. The molecule has 1 aromatic rings. The van der Waals surface area contributed by atoms with Gasteiger partial charge in [0.05, 0.1) is 0 Å². The van der Waals surface area contributed by atoms with E-state index in [1.165, 1.54) is 0 Å². The molecule has 0 bridgehead atoms. The van der Waals surface area contributed by atoms with Gasteiger partial charge in [0.15, 0.2) is 0 Å². The van der Waals surface area contributed by atoms with E-state index in [0.29, 0.717) is 6.42 Å². The van der Waals surface area contributed by atoms with Crippen molar-refractivity contribution in [1.29, 1.82) is 0 Å². The van der Waals surface area contributed by atoms with Crippen LogP contribution in [0.1, 0.15) is 25.8 Å². The maximum absolute atomic E-state index is 11.9. The van der Waals surface area contributed by atoms with Crippen LogP contribution in [0.15, 0.2) is 30.3 Å². The van der Waals surface area contributed by atoms with Crippen molar-refractivity contribution in [1.82, 2.24) is 10.6 Å². The van der Waals surface area contributed by atoms with Crippen molar-refractivity contribution < 1.29 is 24.2 Å². The minimum Gasteiger partial charge on any atom is -0.480 e. The number of aliphatic carboxylic acids is 1. The van der Waals surface area contributed by atoms with Gasteiger partial charge in [-0.3, -0.25) is 9.59 Å². The van der Waals surface area contributed by atoms with E-state index >= 15 is 0 Å². The van der Waals surface area contributed by atoms with E-state index in [2.05, 4.69) is 10.6 Å². The van der Waals surface area contributed by atoms with Crippen molar-refractivity contribution in [2.75, 3.05) is 6.54 Å². The third kappa shape index (κ3) is 7.85. The van der Waals surface area contributed by atoms with Gasteiger partial charge < -0.3 is 20.5 Å². The Hall–Kier alpha value is -2.57. The number of nitrogens with one attached hydrogen (secondary N) is 2. The molecule has 1 unspecified atom stereocenters. The topological polar surface area (TPSA) is 105 Å². The summed E-state index contributed by atoms with van der Waals surface area (Å²) in [5.74, 6) is -1.55. The highest BCUT2D eigenvalue weighted by atomic mass is 16.5. The summed E-state index contributed by atoms with van der Waals surface area (Å²) < 4.78 is 5.07. The summed E-state index contributed by atoms with van der Waals surface area (Å²) in [5, 5.41) is 13.3. The van der Waals surface area contributed by atoms with Crippen LogP contribution in [0, 0.1) is 5.92 Å². The first-order chi connectivity index (χ1) is 10.9. The quantitative estimate of drug-likeness (QED) is 0.673. The fraction of sp³-hybridized carbons (Fsp3) is 0.438. The summed E-state index contributed by atoms with van der Waals surface area (Å²) in [6.07, 6.45) is -0.337. The number of hydrogen-bond donors (Lipinski definition) is 3. The van der Waals surface area contributed by atoms with Gasteiger partial charge in [0.2, 0.25) is 5.91 Å². The predicted octanol–water partition coefficient (Wildman–Crippen LogP) is 1.53. The summed E-state index contributed by atoms with van der Waals surface area (Å²) >= 11 is 0. The highest BCUT2D eigenvalue weighted by molar-refractivity contribution is 5.87. The number of carboxylic acid groups (broad SMARTS) is 1. The molecule has 0 saturated heterocycles. The number of alkyl carbamates (subject to hydrolysis) is 1. The second kappa shape index (κ2) is 9.45. The van der Waals surface area contributed by atoms with Crippen LogP contribution in [0.2, 0.25) is 0 Å². The highest BCUT2D eigenvalue weighted by Gasteiger charge is 2.22. The van der Waals surface area contributed by atoms with Crippen LogP contribution in [0.4, 0.5) is 4.79 Å². The van der Waals surface area contributed by atoms with Gasteiger partial charge in [-0.25, -0.2) is 4.79 Å². The van der Waals surface area contributed by atoms with Crippen molar-refractivity contribution in [3.8, 4) is 0 Å². The average molecular weight is 322 g/mol. The zero-order valence-corrected chi connectivity index (χ0v) is 13.2. The number of ether oxygens (including phenoxy) is 1. The van der Waals surface area contributed by atoms with Crippen LogP contribution < -0.4 is 10.6 Å². The van der Waals surface area contributed by atoms with Crippen LogP contribution >= 0.6 is 0 Å². The highest BCUT2D eigenvalue weighted by Crippen LogP contribution is 2.06. The molecule has 126 valence electrons. The van der Waals surface area contributed by atoms with E-state index in [9.17, 15) is 14.4 Å². The maximum Gasteiger partial charge on any atom is 0.408 e. The fourth-order valence-corrected chi connectivity index (χ4v) is 1.90. The number of carbonyl (C=O) groups is 3. The minimum atomic E-state index is -1.15. The molecule has 7 heteroatoms. The van der Waals surface area contributed by atoms with Gasteiger partial charge in [-0.2, -0.15) is 0 Å². The standard InChI is InChI=1S/C16H22N2O5/c1-11(2)8-13(15(21)17-9-14(19)20)18-16(22)23-10-12-6-4-3-5-7-12/h3-7,11,13H,8-10H2,1-2H3,(H,17,21)(H,18,22)(H,19,20). The summed E-state index contributed by atoms with van der Waals surface area (Å²) in [6.45, 7) is 3.40. The lowest BCUT2D eigenvalue weighted by molar-refractivity contribution is -0.138. The van der Waals surface area contributed by atoms with Gasteiger partial charge in [0, 0.05) is 0 Å². The smallest absolute Gasteiger partial charge is 0.408 e. The fourth-order valence-electron chi connectivity index (χ4n) is 1.90. The van der Waals surface area contributed by atoms with Crippen LogP contribution in [0.25, 0.3) is 0 Å². The summed E-state index contributed by atoms with van der Waals surface area (Å²) in [6, 6.07) is 8.32. The van der Waals surface area contributed by atoms with Crippen LogP contribution in [-0.4, -0.2) is 35.7 Å². The molecule has 0 aliphatic rings. The molecule has 1 rings (SSSR count). The lowest BCUT2D eigenvalue weighted by Gasteiger charge is -2.19. The second-order valence-corrected chi connectivity index (χ2v) is 5.50. The Bertz CT molecular complexity index is 531. The second-order valence-electron chi connectivity index (χ2n) is 5.50. The molecule has 0 saturated carbocycles. The van der Waals surface area contributed by atoms with Gasteiger partial charge >= 0.3 is 12.1 Å². The normalized spacial score (nSPS) is 11.6. The molecule has 0 radical (unpaired) electrons. The molecule has 1 aromatic carbocycles. The van der Waals surface area contributed by atoms with Gasteiger partial charge in [-0.15, -0.1) is 0 Å². The number of carboxylic acids is 1. The Labute approximate surface area is 135 Å². The number of benzene rings is 1. The average Bonchev–Trinajstić information content (AvgIpc) is 2.50. The SMILES string of the molecule is CC(C)CC(NC(=O)OCc1ccccc1)C(=O)NCC(=O)O. The van der Waals surface area contributed by atoms with Gasteiger partial charge in [-0.1, -0.05) is 44.2 Å². The molecule has 1 atom stereocenters. The Kier molecular flexibility index (Phi) is 7.59. The number of amides is 2. The largest absolute Gasteiger partial charge is 0.480 e. The van der Waals surface area contributed by atoms with Crippen molar-refractivity contribution >= 4 is 18.0 Å². The molecular weight excluding hydrogens is 300 g/mol. The van der Waals surface area contributed by atoms with Crippen molar-refractivity contribution in [2.24, 2.45) is 5.92 Å². The molecule has 0 aliphatic carbocycles. The molecule has 0 fully saturated rings. The van der Waals surface area contributed by atoms with Gasteiger partial charge in [-0.05, 0) is 17.9 Å². The van der Waals surface area contributed by atoms with E-state index in [1.807, 2.05) is 44.2 Å². The van der Waals surface area contributed by atoms with E-state index < -0.39 is 30.6 Å². The van der Waals surface area contributed by atoms with Crippen molar-refractivity contribution in [3.63, 3.8) is 0 Å². The molecule has 2 amide bonds. The first-order valence-electron chi connectivity index (χ1n) is 7.35. The Morgan fingerprint density at radius 3 is 2.39 bits per heavy atom. The van der Waals surface area contributed by atoms with E-state index in [0.717, 1.165) is 5.56 Å². The van der Waals surface area contributed by atoms with Gasteiger partial charge in [0.25, 0.3) is 0 Å². The Balaban J connectivity index is 2.52. The number of rotatable bonds is 8. The Morgan fingerprint density at radius 2 is 1.83 bits per heavy atom. The van der Waals surface area contributed by atoms with Crippen molar-refractivity contribution in [2.45, 2.75) is 32.9 Å². The summed E-state index contributed by atoms with van der Waals surface area (Å²) in [4.78, 5) is 34.3. The molecule has 0 aliphatic heterocycles. The van der Waals surface area contributed by atoms with E-state index in [-0.39, 0.29) is 12.5 Å². The molecule has 0 heterocycles. The zero-order chi connectivity index (χ0) is 17.2. The lowest BCUT2D eigenvalue weighted by Crippen LogP contribution is -2.48. The molecule has 7 nitrogen and oxygen atoms in total. The van der Waals surface area contributed by atoms with E-state index in [4.69, 9.17) is 9.84 Å².